The molecular weight excluding hydrogens is 322 g/mol. The Morgan fingerprint density at radius 3 is 2.72 bits per heavy atom. The molecule has 1 saturated heterocycles. The van der Waals surface area contributed by atoms with Gasteiger partial charge in [0.15, 0.2) is 0 Å². The molecule has 3 rings (SSSR count). The van der Waals surface area contributed by atoms with Crippen LogP contribution in [0.5, 0.6) is 11.8 Å². The molecule has 8 heteroatoms. The highest BCUT2D eigenvalue weighted by Gasteiger charge is 2.29. The van der Waals surface area contributed by atoms with Crippen LogP contribution >= 0.6 is 0 Å². The lowest BCUT2D eigenvalue weighted by Crippen LogP contribution is -2.44. The molecule has 0 aliphatic carbocycles. The molecule has 134 valence electrons. The van der Waals surface area contributed by atoms with Crippen LogP contribution in [0.2, 0.25) is 0 Å². The standard InChI is InChI=1S/C17H23N5O3/c1-11-16(12(2)21(3)20-11)17(23)22-7-5-6-13(10-22)25-15-9-18-8-14(19-15)24-4/h8-9,13H,5-7,10H2,1-4H3/t13-/m1/s1. The predicted octanol–water partition coefficient (Wildman–Crippen LogP) is 1.52. The molecule has 1 aliphatic heterocycles. The van der Waals surface area contributed by atoms with E-state index in [9.17, 15) is 4.79 Å². The summed E-state index contributed by atoms with van der Waals surface area (Å²) < 4.78 is 12.7. The number of ether oxygens (including phenoxy) is 2. The first-order valence-corrected chi connectivity index (χ1v) is 8.31. The first kappa shape index (κ1) is 17.2. The molecule has 0 aromatic carbocycles. The highest BCUT2D eigenvalue weighted by Crippen LogP contribution is 2.21. The molecule has 8 nitrogen and oxygen atoms in total. The van der Waals surface area contributed by atoms with Crippen LogP contribution in [0.15, 0.2) is 12.4 Å². The zero-order valence-electron chi connectivity index (χ0n) is 15.0. The van der Waals surface area contributed by atoms with Crippen molar-refractivity contribution in [2.75, 3.05) is 20.2 Å². The molecular formula is C17H23N5O3. The Morgan fingerprint density at radius 1 is 1.28 bits per heavy atom. The zero-order valence-corrected chi connectivity index (χ0v) is 15.0. The van der Waals surface area contributed by atoms with E-state index in [0.717, 1.165) is 30.8 Å². The topological polar surface area (TPSA) is 82.4 Å². The lowest BCUT2D eigenvalue weighted by Gasteiger charge is -2.32. The number of likely N-dealkylation sites (tertiary alicyclic amines) is 1. The largest absolute Gasteiger partial charge is 0.480 e. The van der Waals surface area contributed by atoms with E-state index in [1.165, 1.54) is 13.3 Å². The average Bonchev–Trinajstić information content (AvgIpc) is 2.87. The molecule has 2 aromatic rings. The van der Waals surface area contributed by atoms with Crippen molar-refractivity contribution in [3.8, 4) is 11.8 Å². The minimum Gasteiger partial charge on any atom is -0.480 e. The van der Waals surface area contributed by atoms with Crippen molar-refractivity contribution < 1.29 is 14.3 Å². The fourth-order valence-corrected chi connectivity index (χ4v) is 3.12. The number of carbonyl (C=O) groups excluding carboxylic acids is 1. The Morgan fingerprint density at radius 2 is 2.04 bits per heavy atom. The number of carbonyl (C=O) groups is 1. The summed E-state index contributed by atoms with van der Waals surface area (Å²) in [4.78, 5) is 23.0. The van der Waals surface area contributed by atoms with Gasteiger partial charge in [-0.1, -0.05) is 0 Å². The van der Waals surface area contributed by atoms with Gasteiger partial charge in [-0.15, -0.1) is 0 Å². The summed E-state index contributed by atoms with van der Waals surface area (Å²) in [6, 6.07) is 0. The quantitative estimate of drug-likeness (QED) is 0.835. The van der Waals surface area contributed by atoms with Crippen LogP contribution in [-0.4, -0.2) is 56.9 Å². The third-order valence-corrected chi connectivity index (χ3v) is 4.48. The van der Waals surface area contributed by atoms with Gasteiger partial charge >= 0.3 is 0 Å². The van der Waals surface area contributed by atoms with E-state index in [2.05, 4.69) is 15.1 Å². The van der Waals surface area contributed by atoms with Crippen molar-refractivity contribution in [2.24, 2.45) is 7.05 Å². The Hall–Kier alpha value is -2.64. The maximum absolute atomic E-state index is 12.9. The van der Waals surface area contributed by atoms with Gasteiger partial charge in [0, 0.05) is 19.3 Å². The summed E-state index contributed by atoms with van der Waals surface area (Å²) in [5, 5.41) is 4.34. The van der Waals surface area contributed by atoms with Gasteiger partial charge in [-0.3, -0.25) is 14.5 Å². The van der Waals surface area contributed by atoms with E-state index in [1.807, 2.05) is 25.8 Å². The Labute approximate surface area is 146 Å². The molecule has 1 amide bonds. The normalized spacial score (nSPS) is 17.4. The third-order valence-electron chi connectivity index (χ3n) is 4.48. The summed E-state index contributed by atoms with van der Waals surface area (Å²) in [6.45, 7) is 5.02. The maximum atomic E-state index is 12.9. The minimum absolute atomic E-state index is 0.00752. The first-order chi connectivity index (χ1) is 12.0. The number of amides is 1. The summed E-state index contributed by atoms with van der Waals surface area (Å²) in [5.74, 6) is 0.823. The highest BCUT2D eigenvalue weighted by atomic mass is 16.5. The molecule has 0 saturated carbocycles. The van der Waals surface area contributed by atoms with E-state index in [-0.39, 0.29) is 12.0 Å². The van der Waals surface area contributed by atoms with Crippen molar-refractivity contribution in [2.45, 2.75) is 32.8 Å². The van der Waals surface area contributed by atoms with Crippen LogP contribution < -0.4 is 9.47 Å². The number of rotatable bonds is 4. The van der Waals surface area contributed by atoms with Crippen molar-refractivity contribution in [1.29, 1.82) is 0 Å². The number of nitrogens with zero attached hydrogens (tertiary/aromatic N) is 5. The van der Waals surface area contributed by atoms with Crippen LogP contribution in [0.4, 0.5) is 0 Å². The molecule has 1 atom stereocenters. The van der Waals surface area contributed by atoms with Gasteiger partial charge in [-0.2, -0.15) is 10.1 Å². The monoisotopic (exact) mass is 345 g/mol. The number of aromatic nitrogens is 4. The van der Waals surface area contributed by atoms with Gasteiger partial charge in [0.25, 0.3) is 5.91 Å². The van der Waals surface area contributed by atoms with Crippen molar-refractivity contribution in [3.63, 3.8) is 0 Å². The SMILES string of the molecule is COc1cncc(O[C@@H]2CCCN(C(=O)c3c(C)nn(C)c3C)C2)n1. The highest BCUT2D eigenvalue weighted by molar-refractivity contribution is 5.96. The number of piperidine rings is 1. The van der Waals surface area contributed by atoms with Crippen LogP contribution in [0.3, 0.4) is 0 Å². The van der Waals surface area contributed by atoms with Crippen molar-refractivity contribution in [1.82, 2.24) is 24.6 Å². The van der Waals surface area contributed by atoms with Crippen LogP contribution in [0.1, 0.15) is 34.6 Å². The fourth-order valence-electron chi connectivity index (χ4n) is 3.12. The summed E-state index contributed by atoms with van der Waals surface area (Å²) in [5.41, 5.74) is 2.32. The molecule has 0 unspecified atom stereocenters. The molecule has 3 heterocycles. The van der Waals surface area contributed by atoms with E-state index in [1.54, 1.807) is 10.9 Å². The Bertz CT molecular complexity index is 774. The second-order valence-electron chi connectivity index (χ2n) is 6.20. The number of hydrogen-bond acceptors (Lipinski definition) is 6. The van der Waals surface area contributed by atoms with Crippen LogP contribution in [-0.2, 0) is 7.05 Å². The zero-order chi connectivity index (χ0) is 18.0. The molecule has 2 aromatic heterocycles. The maximum Gasteiger partial charge on any atom is 0.257 e. The lowest BCUT2D eigenvalue weighted by molar-refractivity contribution is 0.0524. The predicted molar refractivity (Wildman–Crippen MR) is 90.8 cm³/mol. The van der Waals surface area contributed by atoms with Gasteiger partial charge in [-0.25, -0.2) is 0 Å². The van der Waals surface area contributed by atoms with Crippen LogP contribution in [0, 0.1) is 13.8 Å². The van der Waals surface area contributed by atoms with Gasteiger partial charge in [0.2, 0.25) is 11.8 Å². The van der Waals surface area contributed by atoms with Crippen molar-refractivity contribution in [3.05, 3.63) is 29.3 Å². The van der Waals surface area contributed by atoms with Crippen molar-refractivity contribution >= 4 is 5.91 Å². The van der Waals surface area contributed by atoms with E-state index >= 15 is 0 Å². The third kappa shape index (κ3) is 3.57. The number of methoxy groups -OCH3 is 1. The number of aryl methyl sites for hydroxylation is 2. The second kappa shape index (κ2) is 7.08. The molecule has 25 heavy (non-hydrogen) atoms. The van der Waals surface area contributed by atoms with E-state index in [0.29, 0.717) is 23.9 Å². The molecule has 0 radical (unpaired) electrons. The van der Waals surface area contributed by atoms with Gasteiger partial charge in [0.1, 0.15) is 6.10 Å². The van der Waals surface area contributed by atoms with Gasteiger partial charge < -0.3 is 14.4 Å². The lowest BCUT2D eigenvalue weighted by atomic mass is 10.1. The van der Waals surface area contributed by atoms with E-state index < -0.39 is 0 Å². The first-order valence-electron chi connectivity index (χ1n) is 8.31. The molecule has 1 aliphatic rings. The molecule has 0 N–H and O–H groups in total. The van der Waals surface area contributed by atoms with Crippen LogP contribution in [0.25, 0.3) is 0 Å². The Kier molecular flexibility index (Phi) is 4.87. The summed E-state index contributed by atoms with van der Waals surface area (Å²) in [7, 11) is 3.38. The smallest absolute Gasteiger partial charge is 0.257 e. The fraction of sp³-hybridized carbons (Fsp3) is 0.529. The molecule has 0 spiro atoms. The molecule has 0 bridgehead atoms. The summed E-state index contributed by atoms with van der Waals surface area (Å²) >= 11 is 0. The number of hydrogen-bond donors (Lipinski definition) is 0. The van der Waals surface area contributed by atoms with Gasteiger partial charge in [-0.05, 0) is 26.7 Å². The van der Waals surface area contributed by atoms with Gasteiger partial charge in [0.05, 0.1) is 37.3 Å². The Balaban J connectivity index is 1.71. The van der Waals surface area contributed by atoms with E-state index in [4.69, 9.17) is 9.47 Å². The minimum atomic E-state index is -0.114. The second-order valence-corrected chi connectivity index (χ2v) is 6.20. The molecule has 1 fully saturated rings. The summed E-state index contributed by atoms with van der Waals surface area (Å²) in [6.07, 6.45) is 4.71. The average molecular weight is 345 g/mol.